The van der Waals surface area contributed by atoms with Crippen molar-refractivity contribution < 1.29 is 24.2 Å². The molecule has 0 radical (unpaired) electrons. The van der Waals surface area contributed by atoms with E-state index in [9.17, 15) is 14.7 Å². The molecule has 41 heavy (non-hydrogen) atoms. The Labute approximate surface area is 255 Å². The summed E-state index contributed by atoms with van der Waals surface area (Å²) in [6.07, 6.45) is 1.83. The maximum Gasteiger partial charge on any atom is 0.335 e. The molecule has 1 fully saturated rings. The summed E-state index contributed by atoms with van der Waals surface area (Å²) in [5.41, 5.74) is 3.48. The molecule has 1 saturated heterocycles. The zero-order valence-corrected chi connectivity index (χ0v) is 25.0. The van der Waals surface area contributed by atoms with Crippen LogP contribution in [0.5, 0.6) is 11.5 Å². The van der Waals surface area contributed by atoms with Gasteiger partial charge in [-0.3, -0.25) is 9.69 Å². The Morgan fingerprint density at radius 3 is 2.32 bits per heavy atom. The van der Waals surface area contributed by atoms with Crippen molar-refractivity contribution in [3.8, 4) is 11.5 Å². The molecule has 1 amide bonds. The number of methoxy groups -OCH3 is 1. The number of hydrogen-bond donors (Lipinski definition) is 1. The lowest BCUT2D eigenvalue weighted by molar-refractivity contribution is -0.122. The molecule has 4 aromatic rings. The van der Waals surface area contributed by atoms with Crippen LogP contribution in [0, 0.1) is 3.57 Å². The molecule has 7 nitrogen and oxygen atoms in total. The van der Waals surface area contributed by atoms with Gasteiger partial charge in [0.05, 0.1) is 29.8 Å². The van der Waals surface area contributed by atoms with Gasteiger partial charge in [0.2, 0.25) is 0 Å². The maximum atomic E-state index is 13.7. The van der Waals surface area contributed by atoms with E-state index in [2.05, 4.69) is 22.6 Å². The molecule has 0 unspecified atom stereocenters. The van der Waals surface area contributed by atoms with E-state index >= 15 is 0 Å². The highest BCUT2D eigenvalue weighted by molar-refractivity contribution is 14.1. The molecule has 206 valence electrons. The van der Waals surface area contributed by atoms with E-state index in [0.29, 0.717) is 33.9 Å². The number of aromatic carboxylic acids is 1. The van der Waals surface area contributed by atoms with E-state index in [0.717, 1.165) is 20.3 Å². The molecule has 0 aliphatic carbocycles. The minimum Gasteiger partial charge on any atom is -0.497 e. The molecule has 5 rings (SSSR count). The smallest absolute Gasteiger partial charge is 0.335 e. The van der Waals surface area contributed by atoms with Crippen LogP contribution in [0.25, 0.3) is 6.08 Å². The SMILES string of the molecule is COc1ccc(N=C2S/C(=C\c3ccccc3OCc3ccc(I)cc3)C(=O)N2Cc2ccc(C(=O)O)cc2)cc1. The average Bonchev–Trinajstić information content (AvgIpc) is 3.27. The molecule has 0 bridgehead atoms. The van der Waals surface area contributed by atoms with Gasteiger partial charge in [0.15, 0.2) is 5.17 Å². The largest absolute Gasteiger partial charge is 0.497 e. The number of carboxylic acids is 1. The summed E-state index contributed by atoms with van der Waals surface area (Å²) in [6, 6.07) is 29.5. The van der Waals surface area contributed by atoms with Crippen LogP contribution < -0.4 is 9.47 Å². The number of ether oxygens (including phenoxy) is 2. The van der Waals surface area contributed by atoms with Crippen LogP contribution in [-0.4, -0.2) is 34.2 Å². The van der Waals surface area contributed by atoms with Gasteiger partial charge in [-0.2, -0.15) is 0 Å². The molecule has 1 heterocycles. The summed E-state index contributed by atoms with van der Waals surface area (Å²) >= 11 is 3.55. The van der Waals surface area contributed by atoms with Gasteiger partial charge in [-0.25, -0.2) is 9.79 Å². The number of rotatable bonds is 9. The molecular formula is C32H25IN2O5S. The highest BCUT2D eigenvalue weighted by Gasteiger charge is 2.33. The van der Waals surface area contributed by atoms with Crippen LogP contribution in [0.15, 0.2) is 107 Å². The highest BCUT2D eigenvalue weighted by Crippen LogP contribution is 2.37. The summed E-state index contributed by atoms with van der Waals surface area (Å²) < 4.78 is 12.5. The Balaban J connectivity index is 1.44. The lowest BCUT2D eigenvalue weighted by Gasteiger charge is -2.16. The van der Waals surface area contributed by atoms with E-state index in [1.807, 2.05) is 78.9 Å². The summed E-state index contributed by atoms with van der Waals surface area (Å²) in [7, 11) is 1.60. The molecule has 0 atom stereocenters. The minimum atomic E-state index is -1.00. The third-order valence-corrected chi connectivity index (χ3v) is 7.97. The topological polar surface area (TPSA) is 88.4 Å². The van der Waals surface area contributed by atoms with Gasteiger partial charge in [-0.1, -0.05) is 42.5 Å². The normalized spacial score (nSPS) is 15.0. The fraction of sp³-hybridized carbons (Fsp3) is 0.0938. The molecule has 9 heteroatoms. The summed E-state index contributed by atoms with van der Waals surface area (Å²) in [6.45, 7) is 0.643. The molecule has 1 N–H and O–H groups in total. The number of halogens is 1. The van der Waals surface area contributed by atoms with Gasteiger partial charge >= 0.3 is 5.97 Å². The van der Waals surface area contributed by atoms with Crippen LogP contribution in [0.4, 0.5) is 5.69 Å². The van der Waals surface area contributed by atoms with Crippen LogP contribution in [0.3, 0.4) is 0 Å². The van der Waals surface area contributed by atoms with Gasteiger partial charge in [-0.05, 0) is 106 Å². The molecule has 0 saturated carbocycles. The Kier molecular flexibility index (Phi) is 9.05. The lowest BCUT2D eigenvalue weighted by atomic mass is 10.1. The zero-order chi connectivity index (χ0) is 28.8. The van der Waals surface area contributed by atoms with Crippen molar-refractivity contribution in [1.29, 1.82) is 0 Å². The number of hydrogen-bond acceptors (Lipinski definition) is 6. The van der Waals surface area contributed by atoms with Crippen molar-refractivity contribution in [2.45, 2.75) is 13.2 Å². The highest BCUT2D eigenvalue weighted by atomic mass is 127. The lowest BCUT2D eigenvalue weighted by Crippen LogP contribution is -2.28. The number of nitrogens with zero attached hydrogens (tertiary/aromatic N) is 2. The van der Waals surface area contributed by atoms with Crippen LogP contribution >= 0.6 is 34.4 Å². The Morgan fingerprint density at radius 2 is 1.63 bits per heavy atom. The van der Waals surface area contributed by atoms with E-state index in [1.165, 1.54) is 23.9 Å². The van der Waals surface area contributed by atoms with Gasteiger partial charge < -0.3 is 14.6 Å². The molecule has 0 spiro atoms. The fourth-order valence-corrected chi connectivity index (χ4v) is 5.40. The van der Waals surface area contributed by atoms with Crippen molar-refractivity contribution >= 4 is 63.2 Å². The number of benzene rings is 4. The third kappa shape index (κ3) is 7.17. The van der Waals surface area contributed by atoms with Crippen molar-refractivity contribution in [3.63, 3.8) is 0 Å². The van der Waals surface area contributed by atoms with Crippen molar-refractivity contribution in [2.24, 2.45) is 4.99 Å². The standard InChI is InChI=1S/C32H25IN2O5S/c1-39-27-16-14-26(15-17-27)34-32-35(19-21-6-10-23(11-7-21)31(37)38)30(36)29(41-32)18-24-4-2-3-5-28(24)40-20-22-8-12-25(33)13-9-22/h2-18H,19-20H2,1H3,(H,37,38)/b29-18-,34-32?. The van der Waals surface area contributed by atoms with Crippen molar-refractivity contribution in [2.75, 3.05) is 7.11 Å². The molecular weight excluding hydrogens is 651 g/mol. The fourth-order valence-electron chi connectivity index (χ4n) is 4.05. The number of thioether (sulfide) groups is 1. The second-order valence-corrected chi connectivity index (χ2v) is 11.3. The number of carbonyl (C=O) groups is 2. The van der Waals surface area contributed by atoms with Crippen LogP contribution in [-0.2, 0) is 17.9 Å². The van der Waals surface area contributed by atoms with Gasteiger partial charge in [0.25, 0.3) is 5.91 Å². The number of para-hydroxylation sites is 1. The first-order valence-electron chi connectivity index (χ1n) is 12.6. The molecule has 1 aliphatic rings. The quantitative estimate of drug-likeness (QED) is 0.147. The summed E-state index contributed by atoms with van der Waals surface area (Å²) in [5, 5.41) is 9.76. The second kappa shape index (κ2) is 13.0. The first kappa shape index (κ1) is 28.4. The van der Waals surface area contributed by atoms with Crippen LogP contribution in [0.2, 0.25) is 0 Å². The van der Waals surface area contributed by atoms with E-state index in [4.69, 9.17) is 14.5 Å². The van der Waals surface area contributed by atoms with E-state index < -0.39 is 5.97 Å². The monoisotopic (exact) mass is 676 g/mol. The minimum absolute atomic E-state index is 0.186. The van der Waals surface area contributed by atoms with Gasteiger partial charge in [0.1, 0.15) is 18.1 Å². The van der Waals surface area contributed by atoms with Gasteiger partial charge in [-0.15, -0.1) is 0 Å². The average molecular weight is 677 g/mol. The zero-order valence-electron chi connectivity index (χ0n) is 22.0. The first-order valence-corrected chi connectivity index (χ1v) is 14.5. The van der Waals surface area contributed by atoms with E-state index in [1.54, 1.807) is 24.1 Å². The maximum absolute atomic E-state index is 13.7. The summed E-state index contributed by atoms with van der Waals surface area (Å²) in [4.78, 5) is 31.9. The number of amidine groups is 1. The number of carboxylic acid groups (broad SMARTS) is 1. The number of aliphatic imine (C=N–C) groups is 1. The Bertz CT molecular complexity index is 1620. The summed E-state index contributed by atoms with van der Waals surface area (Å²) in [5.74, 6) is 0.182. The van der Waals surface area contributed by atoms with Crippen molar-refractivity contribution in [3.05, 3.63) is 128 Å². The Hall–Kier alpha value is -4.09. The number of carbonyl (C=O) groups excluding carboxylic acids is 1. The van der Waals surface area contributed by atoms with E-state index in [-0.39, 0.29) is 18.0 Å². The first-order chi connectivity index (χ1) is 19.9. The predicted molar refractivity (Wildman–Crippen MR) is 170 cm³/mol. The predicted octanol–water partition coefficient (Wildman–Crippen LogP) is 7.38. The Morgan fingerprint density at radius 1 is 0.951 bits per heavy atom. The molecule has 1 aliphatic heterocycles. The van der Waals surface area contributed by atoms with Crippen LogP contribution in [0.1, 0.15) is 27.0 Å². The molecule has 0 aromatic heterocycles. The third-order valence-electron chi connectivity index (χ3n) is 6.24. The second-order valence-electron chi connectivity index (χ2n) is 9.05. The van der Waals surface area contributed by atoms with Crippen molar-refractivity contribution in [1.82, 2.24) is 4.90 Å². The molecule has 4 aromatic carbocycles. The number of amides is 1. The van der Waals surface area contributed by atoms with Gasteiger partial charge in [0, 0.05) is 9.13 Å².